The van der Waals surface area contributed by atoms with Crippen LogP contribution in [0.2, 0.25) is 0 Å². The maximum atomic E-state index is 13.4. The molecule has 4 aliphatic carbocycles. The third kappa shape index (κ3) is 3.61. The van der Waals surface area contributed by atoms with E-state index in [1.165, 1.54) is 12.0 Å². The number of hydrogen-bond donors (Lipinski definition) is 2. The van der Waals surface area contributed by atoms with Crippen LogP contribution >= 0.6 is 0 Å². The molecule has 202 valence electrons. The Bertz CT molecular complexity index is 971. The second-order valence-corrected chi connectivity index (χ2v) is 13.7. The van der Waals surface area contributed by atoms with Crippen LogP contribution in [0.5, 0.6) is 0 Å². The van der Waals surface area contributed by atoms with Crippen LogP contribution in [0.3, 0.4) is 0 Å². The van der Waals surface area contributed by atoms with E-state index in [1.807, 2.05) is 0 Å². The largest absolute Gasteiger partial charge is 0.469 e. The molecule has 0 heterocycles. The van der Waals surface area contributed by atoms with Gasteiger partial charge in [-0.2, -0.15) is 0 Å². The summed E-state index contributed by atoms with van der Waals surface area (Å²) in [5, 5.41) is 12.5. The lowest BCUT2D eigenvalue weighted by atomic mass is 9.35. The number of oxime groups is 1. The number of nitrogens with two attached hydrogens (primary N) is 1. The lowest BCUT2D eigenvalue weighted by Gasteiger charge is -2.69. The first kappa shape index (κ1) is 27.3. The van der Waals surface area contributed by atoms with Gasteiger partial charge in [0.2, 0.25) is 0 Å². The van der Waals surface area contributed by atoms with Crippen LogP contribution in [-0.4, -0.2) is 24.1 Å². The summed E-state index contributed by atoms with van der Waals surface area (Å²) in [4.78, 5) is 13.4. The summed E-state index contributed by atoms with van der Waals surface area (Å²) in [6.45, 7) is 18.8. The van der Waals surface area contributed by atoms with Crippen molar-refractivity contribution in [3.63, 3.8) is 0 Å². The van der Waals surface area contributed by atoms with Gasteiger partial charge in [0.15, 0.2) is 0 Å². The van der Waals surface area contributed by atoms with E-state index in [0.29, 0.717) is 35.9 Å². The molecule has 0 unspecified atom stereocenters. The number of nitrogens with zero attached hydrogens (tertiary/aromatic N) is 1. The standard InChI is InChI=1S/C31H50N2O3/c1-19(2)22-12-15-30(7)24(28(22,5)14-13-25(32)33-35)10-9-23-26-21(4)20(3)11-16-31(26,27(34)36-8)18-17-29(23,30)6/h9,20-22,24,26,35H,1,10-18H2,2-8H3,(H2,32,33)/t20-,21+,22+,24-,26+,28+,29-,30-,31+/m1/s1. The minimum Gasteiger partial charge on any atom is -0.469 e. The van der Waals surface area contributed by atoms with Gasteiger partial charge in [-0.1, -0.05) is 63.6 Å². The maximum absolute atomic E-state index is 13.4. The quantitative estimate of drug-likeness (QED) is 0.106. The third-order valence-corrected chi connectivity index (χ3v) is 12.5. The molecule has 9 atom stereocenters. The van der Waals surface area contributed by atoms with Crippen LogP contribution in [0.4, 0.5) is 0 Å². The molecule has 4 aliphatic rings. The number of amidine groups is 1. The van der Waals surface area contributed by atoms with E-state index in [0.717, 1.165) is 44.9 Å². The second kappa shape index (κ2) is 9.20. The van der Waals surface area contributed by atoms with Gasteiger partial charge in [0.05, 0.1) is 12.5 Å². The number of esters is 1. The van der Waals surface area contributed by atoms with Crippen LogP contribution in [0.25, 0.3) is 0 Å². The molecule has 3 saturated carbocycles. The highest BCUT2D eigenvalue weighted by atomic mass is 16.5. The molecule has 3 N–H and O–H groups in total. The highest BCUT2D eigenvalue weighted by Crippen LogP contribution is 2.74. The monoisotopic (exact) mass is 498 g/mol. The zero-order valence-electron chi connectivity index (χ0n) is 23.8. The van der Waals surface area contributed by atoms with Gasteiger partial charge in [0.25, 0.3) is 0 Å². The molecular formula is C31H50N2O3. The predicted molar refractivity (Wildman–Crippen MR) is 145 cm³/mol. The van der Waals surface area contributed by atoms with Crippen molar-refractivity contribution in [2.45, 2.75) is 99.3 Å². The fourth-order valence-corrected chi connectivity index (χ4v) is 10.0. The van der Waals surface area contributed by atoms with Crippen molar-refractivity contribution < 1.29 is 14.7 Å². The lowest BCUT2D eigenvalue weighted by Crippen LogP contribution is -2.63. The zero-order chi connectivity index (χ0) is 26.7. The van der Waals surface area contributed by atoms with E-state index in [4.69, 9.17) is 10.5 Å². The molecule has 4 rings (SSSR count). The summed E-state index contributed by atoms with van der Waals surface area (Å²) in [6.07, 6.45) is 11.4. The summed E-state index contributed by atoms with van der Waals surface area (Å²) in [5.41, 5.74) is 8.58. The van der Waals surface area contributed by atoms with E-state index in [9.17, 15) is 10.0 Å². The van der Waals surface area contributed by atoms with Gasteiger partial charge in [-0.3, -0.25) is 4.79 Å². The highest BCUT2D eigenvalue weighted by Gasteiger charge is 2.67. The topological polar surface area (TPSA) is 84.9 Å². The molecule has 0 radical (unpaired) electrons. The molecule has 36 heavy (non-hydrogen) atoms. The zero-order valence-corrected chi connectivity index (χ0v) is 23.8. The molecule has 0 aromatic heterocycles. The Hall–Kier alpha value is -1.78. The molecule has 0 aromatic rings. The highest BCUT2D eigenvalue weighted by molar-refractivity contribution is 5.79. The van der Waals surface area contributed by atoms with Gasteiger partial charge in [-0.15, -0.1) is 0 Å². The number of allylic oxidation sites excluding steroid dienone is 3. The first-order chi connectivity index (χ1) is 16.8. The Morgan fingerprint density at radius 3 is 2.50 bits per heavy atom. The third-order valence-electron chi connectivity index (χ3n) is 12.5. The number of ether oxygens (including phenoxy) is 1. The molecule has 0 spiro atoms. The minimum atomic E-state index is -0.376. The normalized spacial score (nSPS) is 46.6. The van der Waals surface area contributed by atoms with Gasteiger partial charge in [0.1, 0.15) is 5.84 Å². The summed E-state index contributed by atoms with van der Waals surface area (Å²) in [5.74, 6) is 2.54. The smallest absolute Gasteiger partial charge is 0.312 e. The Balaban J connectivity index is 1.83. The fraction of sp³-hybridized carbons (Fsp3) is 0.806. The number of fused-ring (bicyclic) bond motifs is 5. The SMILES string of the molecule is C=C(C)[C@@H]1CC[C@]2(C)[C@H](CC=C3[C@@H]4[C@@H](C)[C@H](C)CC[C@]4(C(=O)OC)CC[C@]32C)[C@@]1(C)CC/C(N)=N/O. The number of hydrogen-bond acceptors (Lipinski definition) is 4. The van der Waals surface area contributed by atoms with E-state index >= 15 is 0 Å². The Labute approximate surface area is 219 Å². The van der Waals surface area contributed by atoms with E-state index in [1.54, 1.807) is 12.7 Å². The molecule has 0 amide bonds. The van der Waals surface area contributed by atoms with Crippen molar-refractivity contribution in [3.05, 3.63) is 23.8 Å². The molecule has 5 nitrogen and oxygen atoms in total. The molecule has 5 heteroatoms. The van der Waals surface area contributed by atoms with Gasteiger partial charge >= 0.3 is 5.97 Å². The van der Waals surface area contributed by atoms with Crippen LogP contribution in [-0.2, 0) is 9.53 Å². The average Bonchev–Trinajstić information content (AvgIpc) is 2.84. The van der Waals surface area contributed by atoms with E-state index < -0.39 is 0 Å². The maximum Gasteiger partial charge on any atom is 0.312 e. The fourth-order valence-electron chi connectivity index (χ4n) is 10.0. The number of carbonyl (C=O) groups excluding carboxylic acids is 1. The van der Waals surface area contributed by atoms with Gasteiger partial charge < -0.3 is 15.7 Å². The Morgan fingerprint density at radius 2 is 1.89 bits per heavy atom. The first-order valence-corrected chi connectivity index (χ1v) is 14.2. The van der Waals surface area contributed by atoms with Crippen LogP contribution in [0, 0.1) is 51.2 Å². The van der Waals surface area contributed by atoms with Crippen LogP contribution in [0.1, 0.15) is 99.3 Å². The summed E-state index contributed by atoms with van der Waals surface area (Å²) >= 11 is 0. The van der Waals surface area contributed by atoms with Crippen molar-refractivity contribution in [1.29, 1.82) is 0 Å². The summed E-state index contributed by atoms with van der Waals surface area (Å²) in [7, 11) is 1.57. The predicted octanol–water partition coefficient (Wildman–Crippen LogP) is 7.10. The van der Waals surface area contributed by atoms with Gasteiger partial charge in [-0.25, -0.2) is 0 Å². The van der Waals surface area contributed by atoms with Crippen LogP contribution in [0.15, 0.2) is 29.0 Å². The molecular weight excluding hydrogens is 448 g/mol. The van der Waals surface area contributed by atoms with Crippen LogP contribution < -0.4 is 5.73 Å². The lowest BCUT2D eigenvalue weighted by molar-refractivity contribution is -0.176. The molecule has 0 aliphatic heterocycles. The van der Waals surface area contributed by atoms with Crippen molar-refractivity contribution >= 4 is 11.8 Å². The van der Waals surface area contributed by atoms with Crippen molar-refractivity contribution in [2.24, 2.45) is 62.1 Å². The van der Waals surface area contributed by atoms with Gasteiger partial charge in [-0.05, 0) is 104 Å². The summed E-state index contributed by atoms with van der Waals surface area (Å²) in [6, 6.07) is 0. The van der Waals surface area contributed by atoms with Crippen molar-refractivity contribution in [2.75, 3.05) is 7.11 Å². The van der Waals surface area contributed by atoms with Crippen molar-refractivity contribution in [1.82, 2.24) is 0 Å². The summed E-state index contributed by atoms with van der Waals surface area (Å²) < 4.78 is 5.50. The van der Waals surface area contributed by atoms with E-state index in [-0.39, 0.29) is 33.5 Å². The Kier molecular flexibility index (Phi) is 6.97. The first-order valence-electron chi connectivity index (χ1n) is 14.2. The molecule has 3 fully saturated rings. The number of rotatable bonds is 5. The number of carbonyl (C=O) groups is 1. The second-order valence-electron chi connectivity index (χ2n) is 13.7. The average molecular weight is 499 g/mol. The van der Waals surface area contributed by atoms with E-state index in [2.05, 4.69) is 59.4 Å². The van der Waals surface area contributed by atoms with Gasteiger partial charge in [0, 0.05) is 6.42 Å². The molecule has 0 saturated heterocycles. The minimum absolute atomic E-state index is 0.0103. The number of methoxy groups -OCH3 is 1. The molecule has 0 bridgehead atoms. The molecule has 0 aromatic carbocycles. The van der Waals surface area contributed by atoms with Crippen molar-refractivity contribution in [3.8, 4) is 0 Å². The Morgan fingerprint density at radius 1 is 1.19 bits per heavy atom.